The lowest BCUT2D eigenvalue weighted by atomic mass is 9.92. The number of fused-ring (bicyclic) bond motifs is 1. The quantitative estimate of drug-likeness (QED) is 0.821. The highest BCUT2D eigenvalue weighted by molar-refractivity contribution is 7.22. The van der Waals surface area contributed by atoms with Crippen molar-refractivity contribution in [2.75, 3.05) is 19.5 Å². The van der Waals surface area contributed by atoms with Crippen LogP contribution in [-0.4, -0.2) is 36.0 Å². The number of methoxy groups -OCH3 is 1. The van der Waals surface area contributed by atoms with Crippen LogP contribution in [0.15, 0.2) is 12.1 Å². The van der Waals surface area contributed by atoms with E-state index in [9.17, 15) is 23.1 Å². The van der Waals surface area contributed by atoms with Gasteiger partial charge in [0.05, 0.1) is 18.4 Å². The van der Waals surface area contributed by atoms with Gasteiger partial charge in [-0.1, -0.05) is 11.3 Å². The van der Waals surface area contributed by atoms with Crippen molar-refractivity contribution in [1.29, 1.82) is 0 Å². The zero-order chi connectivity index (χ0) is 17.4. The van der Waals surface area contributed by atoms with E-state index in [4.69, 9.17) is 10.5 Å². The third-order valence-corrected chi connectivity index (χ3v) is 3.93. The van der Waals surface area contributed by atoms with Gasteiger partial charge in [-0.2, -0.15) is 13.2 Å². The molecule has 1 heterocycles. The van der Waals surface area contributed by atoms with Gasteiger partial charge in [-0.05, 0) is 19.1 Å². The SMILES string of the molecule is CCOC(=O)C(O)(c1cc(OC)c2nc(N)sc2c1)C(F)(F)F. The van der Waals surface area contributed by atoms with Crippen molar-refractivity contribution in [3.8, 4) is 5.75 Å². The number of nitrogens with two attached hydrogens (primary N) is 1. The number of rotatable bonds is 4. The fourth-order valence-corrected chi connectivity index (χ4v) is 2.80. The Labute approximate surface area is 132 Å². The van der Waals surface area contributed by atoms with Gasteiger partial charge in [-0.15, -0.1) is 0 Å². The maximum absolute atomic E-state index is 13.4. The zero-order valence-electron chi connectivity index (χ0n) is 12.1. The molecule has 1 unspecified atom stereocenters. The van der Waals surface area contributed by atoms with Gasteiger partial charge in [0.25, 0.3) is 5.60 Å². The lowest BCUT2D eigenvalue weighted by Gasteiger charge is -2.28. The average Bonchev–Trinajstić information content (AvgIpc) is 2.84. The number of carbonyl (C=O) groups excluding carboxylic acids is 1. The largest absolute Gasteiger partial charge is 0.494 e. The van der Waals surface area contributed by atoms with E-state index in [2.05, 4.69) is 9.72 Å². The standard InChI is InChI=1S/C13H13F3N2O4S/c1-3-22-10(19)12(20,13(14,15)16)6-4-7(21-2)9-8(5-6)23-11(17)18-9/h4-5,20H,3H2,1-2H3,(H2,17,18). The summed E-state index contributed by atoms with van der Waals surface area (Å²) < 4.78 is 49.7. The molecule has 126 valence electrons. The number of hydrogen-bond donors (Lipinski definition) is 2. The molecule has 23 heavy (non-hydrogen) atoms. The highest BCUT2D eigenvalue weighted by Gasteiger charge is 2.62. The van der Waals surface area contributed by atoms with Gasteiger partial charge in [-0.25, -0.2) is 9.78 Å². The van der Waals surface area contributed by atoms with Crippen LogP contribution in [0.3, 0.4) is 0 Å². The molecule has 3 N–H and O–H groups in total. The number of hydrogen-bond acceptors (Lipinski definition) is 7. The van der Waals surface area contributed by atoms with Gasteiger partial charge >= 0.3 is 12.1 Å². The summed E-state index contributed by atoms with van der Waals surface area (Å²) in [4.78, 5) is 15.7. The summed E-state index contributed by atoms with van der Waals surface area (Å²) in [6.07, 6.45) is -5.28. The van der Waals surface area contributed by atoms with E-state index in [1.165, 1.54) is 14.0 Å². The summed E-state index contributed by atoms with van der Waals surface area (Å²) in [5, 5.41) is 10.2. The summed E-state index contributed by atoms with van der Waals surface area (Å²) in [5.41, 5.74) is 1.24. The molecule has 1 atom stereocenters. The number of ether oxygens (including phenoxy) is 2. The minimum absolute atomic E-state index is 0.0441. The van der Waals surface area contributed by atoms with E-state index in [1.54, 1.807) is 0 Å². The van der Waals surface area contributed by atoms with E-state index < -0.39 is 23.3 Å². The second-order valence-electron chi connectivity index (χ2n) is 4.51. The Morgan fingerprint density at radius 1 is 1.43 bits per heavy atom. The topological polar surface area (TPSA) is 94.7 Å². The normalized spacial score (nSPS) is 14.5. The Bertz CT molecular complexity index is 747. The van der Waals surface area contributed by atoms with Crippen LogP contribution in [0, 0.1) is 0 Å². The Hall–Kier alpha value is -2.07. The number of aromatic nitrogens is 1. The molecule has 6 nitrogen and oxygen atoms in total. The smallest absolute Gasteiger partial charge is 0.432 e. The molecule has 2 rings (SSSR count). The van der Waals surface area contributed by atoms with E-state index >= 15 is 0 Å². The molecule has 0 amide bonds. The van der Waals surface area contributed by atoms with Gasteiger partial charge in [0.2, 0.25) is 0 Å². The Morgan fingerprint density at radius 3 is 2.61 bits per heavy atom. The third kappa shape index (κ3) is 2.79. The molecular weight excluding hydrogens is 337 g/mol. The number of benzene rings is 1. The lowest BCUT2D eigenvalue weighted by molar-refractivity contribution is -0.267. The van der Waals surface area contributed by atoms with Crippen LogP contribution >= 0.6 is 11.3 Å². The predicted molar refractivity (Wildman–Crippen MR) is 77.2 cm³/mol. The molecule has 0 saturated heterocycles. The number of aliphatic hydroxyl groups is 1. The first-order valence-corrected chi connectivity index (χ1v) is 7.17. The Kier molecular flexibility index (Phi) is 4.40. The monoisotopic (exact) mass is 350 g/mol. The summed E-state index contributed by atoms with van der Waals surface area (Å²) in [6, 6.07) is 1.89. The third-order valence-electron chi connectivity index (χ3n) is 3.10. The average molecular weight is 350 g/mol. The number of carbonyl (C=O) groups is 1. The highest BCUT2D eigenvalue weighted by Crippen LogP contribution is 2.43. The van der Waals surface area contributed by atoms with Crippen molar-refractivity contribution >= 4 is 32.7 Å². The summed E-state index contributed by atoms with van der Waals surface area (Å²) in [6.45, 7) is 1.02. The Morgan fingerprint density at radius 2 is 2.09 bits per heavy atom. The molecule has 0 aliphatic rings. The minimum atomic E-state index is -5.28. The predicted octanol–water partition coefficient (Wildman–Crippen LogP) is 2.20. The minimum Gasteiger partial charge on any atom is -0.494 e. The molecule has 2 aromatic rings. The summed E-state index contributed by atoms with van der Waals surface area (Å²) >= 11 is 0.904. The molecule has 1 aromatic heterocycles. The molecule has 10 heteroatoms. The fourth-order valence-electron chi connectivity index (χ4n) is 2.01. The number of halogens is 3. The van der Waals surface area contributed by atoms with Gasteiger partial charge in [0.15, 0.2) is 5.13 Å². The fraction of sp³-hybridized carbons (Fsp3) is 0.385. The number of nitrogens with zero attached hydrogens (tertiary/aromatic N) is 1. The first-order valence-electron chi connectivity index (χ1n) is 6.36. The molecule has 0 bridgehead atoms. The molecule has 0 saturated carbocycles. The van der Waals surface area contributed by atoms with Crippen LogP contribution in [0.4, 0.5) is 18.3 Å². The van der Waals surface area contributed by atoms with Crippen LogP contribution < -0.4 is 10.5 Å². The Balaban J connectivity index is 2.73. The van der Waals surface area contributed by atoms with Crippen molar-refractivity contribution in [1.82, 2.24) is 4.98 Å². The van der Waals surface area contributed by atoms with Gasteiger partial charge in [0.1, 0.15) is 11.3 Å². The number of alkyl halides is 3. The number of nitrogen functional groups attached to an aromatic ring is 1. The van der Waals surface area contributed by atoms with Gasteiger partial charge in [0, 0.05) is 5.56 Å². The second-order valence-corrected chi connectivity index (χ2v) is 5.57. The molecule has 0 aliphatic heterocycles. The zero-order valence-corrected chi connectivity index (χ0v) is 12.9. The van der Waals surface area contributed by atoms with Crippen molar-refractivity contribution < 1.29 is 32.5 Å². The number of esters is 1. The van der Waals surface area contributed by atoms with Crippen LogP contribution in [0.5, 0.6) is 5.75 Å². The first-order chi connectivity index (χ1) is 10.6. The lowest BCUT2D eigenvalue weighted by Crippen LogP contribution is -2.50. The van der Waals surface area contributed by atoms with E-state index in [0.717, 1.165) is 23.5 Å². The van der Waals surface area contributed by atoms with Crippen LogP contribution in [-0.2, 0) is 15.1 Å². The molecule has 1 aromatic carbocycles. The van der Waals surface area contributed by atoms with Crippen molar-refractivity contribution in [3.05, 3.63) is 17.7 Å². The van der Waals surface area contributed by atoms with Crippen molar-refractivity contribution in [3.63, 3.8) is 0 Å². The first kappa shape index (κ1) is 17.3. The van der Waals surface area contributed by atoms with Crippen LogP contribution in [0.25, 0.3) is 10.2 Å². The summed E-state index contributed by atoms with van der Waals surface area (Å²) in [5.74, 6) is -1.86. The van der Waals surface area contributed by atoms with E-state index in [1.807, 2.05) is 0 Å². The number of thiazole rings is 1. The van der Waals surface area contributed by atoms with E-state index in [0.29, 0.717) is 0 Å². The van der Waals surface area contributed by atoms with Crippen LogP contribution in [0.1, 0.15) is 12.5 Å². The molecule has 0 radical (unpaired) electrons. The van der Waals surface area contributed by atoms with E-state index in [-0.39, 0.29) is 27.7 Å². The maximum atomic E-state index is 13.4. The van der Waals surface area contributed by atoms with Gasteiger partial charge < -0.3 is 20.3 Å². The molecule has 0 fully saturated rings. The van der Waals surface area contributed by atoms with Crippen molar-refractivity contribution in [2.45, 2.75) is 18.7 Å². The molecule has 0 spiro atoms. The second kappa shape index (κ2) is 5.85. The summed E-state index contributed by atoms with van der Waals surface area (Å²) in [7, 11) is 1.23. The molecular formula is C13H13F3N2O4S. The highest BCUT2D eigenvalue weighted by atomic mass is 32.1. The maximum Gasteiger partial charge on any atom is 0.432 e. The van der Waals surface area contributed by atoms with Crippen LogP contribution in [0.2, 0.25) is 0 Å². The van der Waals surface area contributed by atoms with Gasteiger partial charge in [-0.3, -0.25) is 0 Å². The van der Waals surface area contributed by atoms with Crippen molar-refractivity contribution in [2.24, 2.45) is 0 Å². The number of anilines is 1. The molecule has 0 aliphatic carbocycles.